The van der Waals surface area contributed by atoms with Gasteiger partial charge in [0.05, 0.1) is 17.9 Å². The Kier molecular flexibility index (Phi) is 14.4. The average Bonchev–Trinajstić information content (AvgIpc) is 2.93. The third-order valence-corrected chi connectivity index (χ3v) is 7.64. The Bertz CT molecular complexity index is 528. The minimum atomic E-state index is -0.199. The molecule has 0 aromatic heterocycles. The zero-order valence-corrected chi connectivity index (χ0v) is 22.9. The predicted octanol–water partition coefficient (Wildman–Crippen LogP) is 6.59. The maximum Gasteiger partial charge on any atom is 0.179 e. The largest absolute Gasteiger partial charge is 0.322 e. The van der Waals surface area contributed by atoms with E-state index in [1.54, 1.807) is 0 Å². The third kappa shape index (κ3) is 8.53. The van der Waals surface area contributed by atoms with Crippen LogP contribution in [0.5, 0.6) is 0 Å². The van der Waals surface area contributed by atoms with Gasteiger partial charge in [-0.15, -0.1) is 0 Å². The Hall–Kier alpha value is -0.300. The van der Waals surface area contributed by atoms with E-state index in [4.69, 9.17) is 24.4 Å². The van der Waals surface area contributed by atoms with E-state index in [1.165, 1.54) is 70.6 Å². The lowest BCUT2D eigenvalue weighted by molar-refractivity contribution is 0.184. The molecule has 0 bridgehead atoms. The van der Waals surface area contributed by atoms with Gasteiger partial charge >= 0.3 is 0 Å². The number of thiocarbonyl (C=S) groups is 2. The zero-order chi connectivity index (χ0) is 23.3. The number of hydrogen-bond acceptors (Lipinski definition) is 4. The number of nitrogens with one attached hydrogen (secondary N) is 2. The molecule has 1 aliphatic rings. The van der Waals surface area contributed by atoms with E-state index < -0.39 is 0 Å². The van der Waals surface area contributed by atoms with Crippen molar-refractivity contribution in [3.63, 3.8) is 0 Å². The quantitative estimate of drug-likeness (QED) is 0.174. The first-order valence-electron chi connectivity index (χ1n) is 13.0. The molecule has 182 valence electrons. The Morgan fingerprint density at radius 1 is 0.742 bits per heavy atom. The molecule has 4 nitrogen and oxygen atoms in total. The summed E-state index contributed by atoms with van der Waals surface area (Å²) in [5.74, 6) is 0. The first-order chi connectivity index (χ1) is 14.8. The molecule has 0 saturated carbocycles. The second kappa shape index (κ2) is 15.5. The summed E-state index contributed by atoms with van der Waals surface area (Å²) < 4.78 is 0. The molecule has 31 heavy (non-hydrogen) atoms. The number of rotatable bonds is 18. The van der Waals surface area contributed by atoms with Crippen LogP contribution in [-0.2, 0) is 0 Å². The fourth-order valence-electron chi connectivity index (χ4n) is 4.52. The van der Waals surface area contributed by atoms with Crippen LogP contribution in [0.3, 0.4) is 0 Å². The van der Waals surface area contributed by atoms with Gasteiger partial charge in [0, 0.05) is 0 Å². The molecular weight excluding hydrogens is 420 g/mol. The van der Waals surface area contributed by atoms with Crippen molar-refractivity contribution >= 4 is 34.5 Å². The highest BCUT2D eigenvalue weighted by Crippen LogP contribution is 2.36. The van der Waals surface area contributed by atoms with E-state index in [0.717, 1.165) is 29.6 Å². The molecule has 0 aliphatic carbocycles. The average molecular weight is 471 g/mol. The summed E-state index contributed by atoms with van der Waals surface area (Å²) in [6.07, 6.45) is 15.3. The van der Waals surface area contributed by atoms with Gasteiger partial charge in [-0.25, -0.2) is 0 Å². The summed E-state index contributed by atoms with van der Waals surface area (Å²) in [7, 11) is 0. The molecule has 1 rings (SSSR count). The minimum Gasteiger partial charge on any atom is -0.322 e. The molecule has 6 heteroatoms. The molecule has 1 aliphatic heterocycles. The molecule has 0 radical (unpaired) electrons. The Morgan fingerprint density at radius 2 is 1.23 bits per heavy atom. The second-order valence-electron chi connectivity index (χ2n) is 9.44. The van der Waals surface area contributed by atoms with E-state index in [2.05, 4.69) is 62.0 Å². The second-order valence-corrected chi connectivity index (χ2v) is 10.2. The molecule has 0 amide bonds. The highest BCUT2D eigenvalue weighted by atomic mass is 32.1. The van der Waals surface area contributed by atoms with E-state index in [1.807, 2.05) is 0 Å². The topological polar surface area (TPSA) is 30.5 Å². The normalized spacial score (nSPS) is 21.2. The highest BCUT2D eigenvalue weighted by molar-refractivity contribution is 7.82. The van der Waals surface area contributed by atoms with Gasteiger partial charge in [-0.2, -0.15) is 0 Å². The van der Waals surface area contributed by atoms with Crippen molar-refractivity contribution in [3.05, 3.63) is 0 Å². The van der Waals surface area contributed by atoms with Crippen LogP contribution in [0.2, 0.25) is 0 Å². The lowest BCUT2D eigenvalue weighted by Gasteiger charge is -2.39. The van der Waals surface area contributed by atoms with Crippen LogP contribution in [-0.4, -0.2) is 50.9 Å². The van der Waals surface area contributed by atoms with Gasteiger partial charge < -0.3 is 4.90 Å². The van der Waals surface area contributed by atoms with Crippen molar-refractivity contribution in [3.8, 4) is 0 Å². The molecule has 2 N–H and O–H groups in total. The SMILES string of the molecule is CCCCCCCCCC1(C)C(=S)N(C(C)NCCCC)C(=S)N1C(C)NCCCC. The fraction of sp³-hybridized carbons (Fsp3) is 0.920. The Balaban J connectivity index is 2.86. The van der Waals surface area contributed by atoms with Gasteiger partial charge in [-0.05, 0) is 65.3 Å². The van der Waals surface area contributed by atoms with Crippen LogP contribution >= 0.6 is 24.4 Å². The monoisotopic (exact) mass is 470 g/mol. The van der Waals surface area contributed by atoms with Crippen molar-refractivity contribution in [2.75, 3.05) is 13.1 Å². The maximum absolute atomic E-state index is 6.10. The lowest BCUT2D eigenvalue weighted by atomic mass is 9.92. The number of nitrogens with zero attached hydrogens (tertiary/aromatic N) is 2. The van der Waals surface area contributed by atoms with Crippen LogP contribution in [0.25, 0.3) is 0 Å². The van der Waals surface area contributed by atoms with Gasteiger partial charge in [0.15, 0.2) is 5.11 Å². The summed E-state index contributed by atoms with van der Waals surface area (Å²) in [6, 6.07) is 0. The molecule has 1 saturated heterocycles. The number of unbranched alkanes of at least 4 members (excludes halogenated alkanes) is 8. The summed E-state index contributed by atoms with van der Waals surface area (Å²) >= 11 is 12.1. The Morgan fingerprint density at radius 3 is 1.77 bits per heavy atom. The van der Waals surface area contributed by atoms with E-state index in [0.29, 0.717) is 0 Å². The number of hydrogen-bond donors (Lipinski definition) is 2. The summed E-state index contributed by atoms with van der Waals surface area (Å²) in [5.41, 5.74) is -0.199. The third-order valence-electron chi connectivity index (χ3n) is 6.61. The summed E-state index contributed by atoms with van der Waals surface area (Å²) in [4.78, 5) is 5.60. The Labute approximate surface area is 204 Å². The molecule has 0 spiro atoms. The summed E-state index contributed by atoms with van der Waals surface area (Å²) in [6.45, 7) is 15.5. The van der Waals surface area contributed by atoms with Crippen molar-refractivity contribution in [2.45, 2.75) is 136 Å². The van der Waals surface area contributed by atoms with Crippen LogP contribution < -0.4 is 10.6 Å². The zero-order valence-electron chi connectivity index (χ0n) is 21.3. The molecule has 3 unspecified atom stereocenters. The maximum atomic E-state index is 6.10. The van der Waals surface area contributed by atoms with E-state index in [-0.39, 0.29) is 17.9 Å². The summed E-state index contributed by atoms with van der Waals surface area (Å²) in [5, 5.41) is 8.21. The lowest BCUT2D eigenvalue weighted by Crippen LogP contribution is -2.55. The minimum absolute atomic E-state index is 0.132. The molecule has 1 fully saturated rings. The van der Waals surface area contributed by atoms with E-state index >= 15 is 0 Å². The van der Waals surface area contributed by atoms with Crippen LogP contribution in [0, 0.1) is 0 Å². The molecule has 0 aromatic rings. The first-order valence-corrected chi connectivity index (χ1v) is 13.8. The molecule has 0 aromatic carbocycles. The van der Waals surface area contributed by atoms with Crippen molar-refractivity contribution < 1.29 is 0 Å². The van der Waals surface area contributed by atoms with Gasteiger partial charge in [-0.3, -0.25) is 15.5 Å². The first kappa shape index (κ1) is 28.7. The smallest absolute Gasteiger partial charge is 0.179 e. The van der Waals surface area contributed by atoms with Gasteiger partial charge in [0.2, 0.25) is 0 Å². The van der Waals surface area contributed by atoms with Gasteiger partial charge in [-0.1, -0.05) is 90.8 Å². The van der Waals surface area contributed by atoms with Crippen LogP contribution in [0.1, 0.15) is 119 Å². The van der Waals surface area contributed by atoms with Crippen LogP contribution in [0.15, 0.2) is 0 Å². The van der Waals surface area contributed by atoms with Gasteiger partial charge in [0.1, 0.15) is 4.99 Å². The van der Waals surface area contributed by atoms with Crippen molar-refractivity contribution in [1.82, 2.24) is 20.4 Å². The molecular formula is C25H50N4S2. The van der Waals surface area contributed by atoms with Crippen molar-refractivity contribution in [2.24, 2.45) is 0 Å². The van der Waals surface area contributed by atoms with Gasteiger partial charge in [0.25, 0.3) is 0 Å². The molecule has 3 atom stereocenters. The fourth-order valence-corrected chi connectivity index (χ4v) is 5.63. The standard InChI is InChI=1S/C25H50N4S2/c1-7-10-13-14-15-16-17-18-25(6)23(30)28(21(4)26-19-11-8-2)24(31)29(25)22(5)27-20-12-9-3/h21-22,26-27H,7-20H2,1-6H3. The van der Waals surface area contributed by atoms with E-state index in [9.17, 15) is 0 Å². The highest BCUT2D eigenvalue weighted by Gasteiger charge is 2.51. The predicted molar refractivity (Wildman–Crippen MR) is 145 cm³/mol. The molecule has 1 heterocycles. The van der Waals surface area contributed by atoms with Crippen molar-refractivity contribution in [1.29, 1.82) is 0 Å². The van der Waals surface area contributed by atoms with Crippen LogP contribution in [0.4, 0.5) is 0 Å².